The maximum atomic E-state index is 14.1. The van der Waals surface area contributed by atoms with Crippen LogP contribution in [-0.2, 0) is 4.79 Å². The number of carbonyl (C=O) groups excluding carboxylic acids is 2. The van der Waals surface area contributed by atoms with E-state index in [9.17, 15) is 27.2 Å². The third kappa shape index (κ3) is 4.18. The molecular weight excluding hydrogens is 392 g/mol. The Bertz CT molecular complexity index is 986. The Morgan fingerprint density at radius 3 is 2.62 bits per heavy atom. The standard InChI is InChI=1S/C19H14F4N4O2/c20-14-2-1-3-15(21)17(14)13-8-25-5-4-12(13)18(29)26-9-16(28)27-10-19(22,23)6-11(27)7-24/h1-5,8,11H,6,9-10H2,(H,26,29)/t11-/m0/s1. The highest BCUT2D eigenvalue weighted by molar-refractivity contribution is 6.02. The summed E-state index contributed by atoms with van der Waals surface area (Å²) in [5.74, 6) is -6.70. The normalized spacial score (nSPS) is 17.6. The first-order valence-electron chi connectivity index (χ1n) is 8.47. The number of amides is 2. The number of hydrogen-bond donors (Lipinski definition) is 1. The predicted molar refractivity (Wildman–Crippen MR) is 92.6 cm³/mol. The Labute approximate surface area is 162 Å². The van der Waals surface area contributed by atoms with Crippen molar-refractivity contribution in [2.45, 2.75) is 18.4 Å². The van der Waals surface area contributed by atoms with Crippen LogP contribution in [0.3, 0.4) is 0 Å². The Kier molecular flexibility index (Phi) is 5.50. The average molecular weight is 406 g/mol. The van der Waals surface area contributed by atoms with Crippen LogP contribution in [0.1, 0.15) is 16.8 Å². The molecule has 1 saturated heterocycles. The van der Waals surface area contributed by atoms with Crippen molar-refractivity contribution in [3.05, 3.63) is 53.9 Å². The van der Waals surface area contributed by atoms with Crippen molar-refractivity contribution < 1.29 is 27.2 Å². The van der Waals surface area contributed by atoms with Gasteiger partial charge in [0, 0.05) is 24.4 Å². The molecule has 1 N–H and O–H groups in total. The lowest BCUT2D eigenvalue weighted by Crippen LogP contribution is -2.43. The van der Waals surface area contributed by atoms with Crippen molar-refractivity contribution in [2.24, 2.45) is 0 Å². The summed E-state index contributed by atoms with van der Waals surface area (Å²) < 4.78 is 55.1. The van der Waals surface area contributed by atoms with Crippen LogP contribution >= 0.6 is 0 Å². The number of nitriles is 1. The van der Waals surface area contributed by atoms with Gasteiger partial charge in [-0.3, -0.25) is 14.6 Å². The van der Waals surface area contributed by atoms with Crippen molar-refractivity contribution in [3.63, 3.8) is 0 Å². The van der Waals surface area contributed by atoms with Gasteiger partial charge in [-0.05, 0) is 18.2 Å². The van der Waals surface area contributed by atoms with E-state index in [-0.39, 0.29) is 11.1 Å². The van der Waals surface area contributed by atoms with Crippen LogP contribution < -0.4 is 5.32 Å². The first-order valence-corrected chi connectivity index (χ1v) is 8.47. The van der Waals surface area contributed by atoms with Gasteiger partial charge in [-0.25, -0.2) is 17.6 Å². The van der Waals surface area contributed by atoms with E-state index in [2.05, 4.69) is 10.3 Å². The zero-order chi connectivity index (χ0) is 21.2. The second-order valence-corrected chi connectivity index (χ2v) is 6.43. The van der Waals surface area contributed by atoms with Gasteiger partial charge in [-0.2, -0.15) is 5.26 Å². The van der Waals surface area contributed by atoms with Gasteiger partial charge in [0.1, 0.15) is 17.7 Å². The van der Waals surface area contributed by atoms with Crippen LogP contribution in [-0.4, -0.2) is 46.8 Å². The Morgan fingerprint density at radius 2 is 1.97 bits per heavy atom. The number of nitrogens with one attached hydrogen (secondary N) is 1. The van der Waals surface area contributed by atoms with Gasteiger partial charge in [0.15, 0.2) is 0 Å². The summed E-state index contributed by atoms with van der Waals surface area (Å²) in [6.45, 7) is -1.57. The number of aromatic nitrogens is 1. The lowest BCUT2D eigenvalue weighted by Gasteiger charge is -2.19. The van der Waals surface area contributed by atoms with Gasteiger partial charge in [0.2, 0.25) is 5.91 Å². The van der Waals surface area contributed by atoms with Crippen LogP contribution in [0.5, 0.6) is 0 Å². The molecule has 0 radical (unpaired) electrons. The highest BCUT2D eigenvalue weighted by Gasteiger charge is 2.47. The largest absolute Gasteiger partial charge is 0.343 e. The molecule has 0 spiro atoms. The minimum atomic E-state index is -3.18. The van der Waals surface area contributed by atoms with Gasteiger partial charge < -0.3 is 10.2 Å². The van der Waals surface area contributed by atoms with E-state index < -0.39 is 60.5 Å². The minimum Gasteiger partial charge on any atom is -0.343 e. The molecule has 2 aromatic rings. The second-order valence-electron chi connectivity index (χ2n) is 6.43. The molecule has 3 rings (SSSR count). The third-order valence-electron chi connectivity index (χ3n) is 4.44. The molecule has 1 atom stereocenters. The van der Waals surface area contributed by atoms with Crippen LogP contribution in [0.25, 0.3) is 11.1 Å². The highest BCUT2D eigenvalue weighted by atomic mass is 19.3. The van der Waals surface area contributed by atoms with Crippen molar-refractivity contribution >= 4 is 11.8 Å². The van der Waals surface area contributed by atoms with Crippen molar-refractivity contribution in [3.8, 4) is 17.2 Å². The molecule has 1 aromatic carbocycles. The molecule has 2 heterocycles. The van der Waals surface area contributed by atoms with Gasteiger partial charge in [-0.1, -0.05) is 6.07 Å². The summed E-state index contributed by atoms with van der Waals surface area (Å²) in [5, 5.41) is 11.2. The van der Waals surface area contributed by atoms with E-state index in [1.807, 2.05) is 0 Å². The van der Waals surface area contributed by atoms with E-state index in [1.54, 1.807) is 6.07 Å². The molecule has 29 heavy (non-hydrogen) atoms. The van der Waals surface area contributed by atoms with E-state index in [1.165, 1.54) is 18.3 Å². The molecule has 0 saturated carbocycles. The molecule has 10 heteroatoms. The van der Waals surface area contributed by atoms with Crippen molar-refractivity contribution in [1.29, 1.82) is 5.26 Å². The number of alkyl halides is 2. The monoisotopic (exact) mass is 406 g/mol. The van der Waals surface area contributed by atoms with Gasteiger partial charge >= 0.3 is 0 Å². The molecule has 150 valence electrons. The first kappa shape index (κ1) is 20.3. The van der Waals surface area contributed by atoms with E-state index in [0.29, 0.717) is 4.90 Å². The molecule has 2 amide bonds. The smallest absolute Gasteiger partial charge is 0.268 e. The third-order valence-corrected chi connectivity index (χ3v) is 4.44. The Balaban J connectivity index is 1.78. The zero-order valence-corrected chi connectivity index (χ0v) is 14.8. The summed E-state index contributed by atoms with van der Waals surface area (Å²) in [4.78, 5) is 29.2. The number of rotatable bonds is 4. The maximum Gasteiger partial charge on any atom is 0.268 e. The summed E-state index contributed by atoms with van der Waals surface area (Å²) in [6, 6.07) is 4.76. The fourth-order valence-corrected chi connectivity index (χ4v) is 3.09. The molecule has 0 unspecified atom stereocenters. The van der Waals surface area contributed by atoms with E-state index >= 15 is 0 Å². The van der Waals surface area contributed by atoms with Gasteiger partial charge in [-0.15, -0.1) is 0 Å². The van der Waals surface area contributed by atoms with Crippen molar-refractivity contribution in [1.82, 2.24) is 15.2 Å². The van der Waals surface area contributed by atoms with Gasteiger partial charge in [0.25, 0.3) is 11.8 Å². The molecule has 1 fully saturated rings. The van der Waals surface area contributed by atoms with Crippen LogP contribution in [0.15, 0.2) is 36.7 Å². The number of hydrogen-bond acceptors (Lipinski definition) is 4. The van der Waals surface area contributed by atoms with Crippen LogP contribution in [0.2, 0.25) is 0 Å². The number of nitrogens with zero attached hydrogens (tertiary/aromatic N) is 3. The lowest BCUT2D eigenvalue weighted by molar-refractivity contribution is -0.131. The number of likely N-dealkylation sites (tertiary alicyclic amines) is 1. The quantitative estimate of drug-likeness (QED) is 0.791. The lowest BCUT2D eigenvalue weighted by atomic mass is 10.0. The summed E-state index contributed by atoms with van der Waals surface area (Å²) >= 11 is 0. The molecular formula is C19H14F4N4O2. The molecule has 6 nitrogen and oxygen atoms in total. The number of benzene rings is 1. The molecule has 0 bridgehead atoms. The fraction of sp³-hybridized carbons (Fsp3) is 0.263. The SMILES string of the molecule is N#C[C@@H]1CC(F)(F)CN1C(=O)CNC(=O)c1ccncc1-c1c(F)cccc1F. The Morgan fingerprint density at radius 1 is 1.28 bits per heavy atom. The minimum absolute atomic E-state index is 0.129. The second kappa shape index (κ2) is 7.87. The predicted octanol–water partition coefficient (Wildman–Crippen LogP) is 2.52. The topological polar surface area (TPSA) is 86.1 Å². The molecule has 1 aliphatic rings. The summed E-state index contributed by atoms with van der Waals surface area (Å²) in [6.07, 6.45) is 1.56. The summed E-state index contributed by atoms with van der Waals surface area (Å²) in [7, 11) is 0. The molecule has 1 aliphatic heterocycles. The zero-order valence-electron chi connectivity index (χ0n) is 14.8. The summed E-state index contributed by atoms with van der Waals surface area (Å²) in [5.41, 5.74) is -0.739. The maximum absolute atomic E-state index is 14.1. The number of halogens is 4. The number of pyridine rings is 1. The highest BCUT2D eigenvalue weighted by Crippen LogP contribution is 2.32. The van der Waals surface area contributed by atoms with Gasteiger partial charge in [0.05, 0.1) is 30.3 Å². The van der Waals surface area contributed by atoms with E-state index in [4.69, 9.17) is 5.26 Å². The average Bonchev–Trinajstić information content (AvgIpc) is 3.01. The van der Waals surface area contributed by atoms with Crippen LogP contribution in [0.4, 0.5) is 17.6 Å². The number of carbonyl (C=O) groups is 2. The Hall–Kier alpha value is -3.48. The molecule has 0 aliphatic carbocycles. The fourth-order valence-electron chi connectivity index (χ4n) is 3.09. The van der Waals surface area contributed by atoms with Crippen LogP contribution in [0, 0.1) is 23.0 Å². The molecule has 1 aromatic heterocycles. The first-order chi connectivity index (χ1) is 13.7. The van der Waals surface area contributed by atoms with Crippen molar-refractivity contribution in [2.75, 3.05) is 13.1 Å². The van der Waals surface area contributed by atoms with E-state index in [0.717, 1.165) is 18.3 Å².